The molecule has 0 atom stereocenters. The van der Waals surface area contributed by atoms with Gasteiger partial charge >= 0.3 is 0 Å². The Hall–Kier alpha value is -2.14. The van der Waals surface area contributed by atoms with Gasteiger partial charge in [0.1, 0.15) is 11.5 Å². The first-order valence-corrected chi connectivity index (χ1v) is 6.66. The molecule has 0 aliphatic rings. The van der Waals surface area contributed by atoms with Crippen LogP contribution in [0.3, 0.4) is 0 Å². The van der Waals surface area contributed by atoms with Gasteiger partial charge in [0.15, 0.2) is 5.11 Å². The van der Waals surface area contributed by atoms with E-state index in [1.807, 2.05) is 38.1 Å². The Labute approximate surface area is 123 Å². The smallest absolute Gasteiger partial charge is 0.257 e. The summed E-state index contributed by atoms with van der Waals surface area (Å²) in [6, 6.07) is 11.1. The quantitative estimate of drug-likeness (QED) is 0.853. The molecule has 2 aromatic rings. The largest absolute Gasteiger partial charge is 0.465 e. The minimum atomic E-state index is -0.224. The van der Waals surface area contributed by atoms with Crippen molar-refractivity contribution in [3.63, 3.8) is 0 Å². The Morgan fingerprint density at radius 2 is 1.85 bits per heavy atom. The molecule has 2 N–H and O–H groups in total. The molecule has 1 aromatic heterocycles. The topological polar surface area (TPSA) is 54.3 Å². The maximum Gasteiger partial charge on any atom is 0.257 e. The number of aryl methyl sites for hydroxylation is 2. The number of hydrogen-bond donors (Lipinski definition) is 2. The summed E-state index contributed by atoms with van der Waals surface area (Å²) in [6.07, 6.45) is 0. The van der Waals surface area contributed by atoms with E-state index in [4.69, 9.17) is 16.6 Å². The molecule has 1 amide bonds. The minimum absolute atomic E-state index is 0.224. The van der Waals surface area contributed by atoms with Crippen molar-refractivity contribution in [2.45, 2.75) is 20.4 Å². The number of carbonyl (C=O) groups excluding carboxylic acids is 1. The fourth-order valence-corrected chi connectivity index (χ4v) is 1.84. The van der Waals surface area contributed by atoms with Crippen LogP contribution in [-0.2, 0) is 6.54 Å². The lowest BCUT2D eigenvalue weighted by atomic mass is 10.1. The van der Waals surface area contributed by atoms with Gasteiger partial charge in [-0.1, -0.05) is 17.7 Å². The highest BCUT2D eigenvalue weighted by Crippen LogP contribution is 2.05. The van der Waals surface area contributed by atoms with E-state index < -0.39 is 0 Å². The van der Waals surface area contributed by atoms with E-state index >= 15 is 0 Å². The summed E-state index contributed by atoms with van der Waals surface area (Å²) in [4.78, 5) is 11.9. The number of rotatable bonds is 3. The number of furan rings is 1. The molecule has 0 radical (unpaired) electrons. The molecule has 104 valence electrons. The average Bonchev–Trinajstić information content (AvgIpc) is 2.83. The van der Waals surface area contributed by atoms with Crippen molar-refractivity contribution < 1.29 is 9.21 Å². The van der Waals surface area contributed by atoms with E-state index in [1.54, 1.807) is 12.1 Å². The first-order chi connectivity index (χ1) is 9.54. The zero-order valence-electron chi connectivity index (χ0n) is 11.4. The Balaban J connectivity index is 1.85. The molecular weight excluding hydrogens is 272 g/mol. The van der Waals surface area contributed by atoms with Crippen LogP contribution in [0.1, 0.15) is 27.4 Å². The number of carbonyl (C=O) groups is 1. The molecule has 0 fully saturated rings. The second-order valence-electron chi connectivity index (χ2n) is 4.52. The SMILES string of the molecule is Cc1ccc(C(=O)NC(=S)NCc2ccc(C)o2)cc1. The van der Waals surface area contributed by atoms with Crippen molar-refractivity contribution >= 4 is 23.2 Å². The van der Waals surface area contributed by atoms with Gasteiger partial charge < -0.3 is 9.73 Å². The lowest BCUT2D eigenvalue weighted by molar-refractivity contribution is 0.0976. The summed E-state index contributed by atoms with van der Waals surface area (Å²) in [7, 11) is 0. The van der Waals surface area contributed by atoms with Crippen LogP contribution >= 0.6 is 12.2 Å². The number of nitrogens with one attached hydrogen (secondary N) is 2. The van der Waals surface area contributed by atoms with Gasteiger partial charge in [-0.05, 0) is 50.3 Å². The molecular formula is C15H16N2O2S. The second kappa shape index (κ2) is 6.34. The van der Waals surface area contributed by atoms with E-state index in [-0.39, 0.29) is 11.0 Å². The van der Waals surface area contributed by atoms with Gasteiger partial charge in [-0.2, -0.15) is 0 Å². The molecule has 2 rings (SSSR count). The highest BCUT2D eigenvalue weighted by molar-refractivity contribution is 7.80. The maximum absolute atomic E-state index is 11.9. The second-order valence-corrected chi connectivity index (χ2v) is 4.92. The summed E-state index contributed by atoms with van der Waals surface area (Å²) in [5.41, 5.74) is 1.68. The van der Waals surface area contributed by atoms with Gasteiger partial charge in [-0.15, -0.1) is 0 Å². The first kappa shape index (κ1) is 14.3. The predicted octanol–water partition coefficient (Wildman–Crippen LogP) is 2.70. The summed E-state index contributed by atoms with van der Waals surface area (Å²) < 4.78 is 5.40. The fraction of sp³-hybridized carbons (Fsp3) is 0.200. The molecule has 0 saturated heterocycles. The van der Waals surface area contributed by atoms with E-state index in [2.05, 4.69) is 10.6 Å². The van der Waals surface area contributed by atoms with Crippen LogP contribution in [0.5, 0.6) is 0 Å². The van der Waals surface area contributed by atoms with Gasteiger partial charge in [0.25, 0.3) is 5.91 Å². The zero-order chi connectivity index (χ0) is 14.5. The van der Waals surface area contributed by atoms with Crippen LogP contribution in [0.4, 0.5) is 0 Å². The third-order valence-electron chi connectivity index (χ3n) is 2.76. The summed E-state index contributed by atoms with van der Waals surface area (Å²) >= 11 is 5.08. The Bertz CT molecular complexity index is 617. The van der Waals surface area contributed by atoms with Gasteiger partial charge in [0, 0.05) is 5.56 Å². The lowest BCUT2D eigenvalue weighted by Crippen LogP contribution is -2.38. The fourth-order valence-electron chi connectivity index (χ4n) is 1.67. The van der Waals surface area contributed by atoms with E-state index in [0.717, 1.165) is 17.1 Å². The highest BCUT2D eigenvalue weighted by Gasteiger charge is 2.07. The normalized spacial score (nSPS) is 10.1. The van der Waals surface area contributed by atoms with Crippen LogP contribution in [0.15, 0.2) is 40.8 Å². The molecule has 0 unspecified atom stereocenters. The van der Waals surface area contributed by atoms with E-state index in [9.17, 15) is 4.79 Å². The van der Waals surface area contributed by atoms with Crippen LogP contribution in [0.2, 0.25) is 0 Å². The van der Waals surface area contributed by atoms with Crippen LogP contribution in [0, 0.1) is 13.8 Å². The molecule has 0 bridgehead atoms. The molecule has 4 nitrogen and oxygen atoms in total. The van der Waals surface area contributed by atoms with Gasteiger partial charge in [0.2, 0.25) is 0 Å². The molecule has 0 aliphatic heterocycles. The van der Waals surface area contributed by atoms with Crippen LogP contribution in [-0.4, -0.2) is 11.0 Å². The summed E-state index contributed by atoms with van der Waals surface area (Å²) in [5, 5.41) is 5.84. The van der Waals surface area contributed by atoms with Gasteiger partial charge in [-0.3, -0.25) is 10.1 Å². The average molecular weight is 288 g/mol. The first-order valence-electron chi connectivity index (χ1n) is 6.26. The van der Waals surface area contributed by atoms with E-state index in [0.29, 0.717) is 12.1 Å². The minimum Gasteiger partial charge on any atom is -0.465 e. The third-order valence-corrected chi connectivity index (χ3v) is 3.01. The number of thiocarbonyl (C=S) groups is 1. The molecule has 0 saturated carbocycles. The highest BCUT2D eigenvalue weighted by atomic mass is 32.1. The monoisotopic (exact) mass is 288 g/mol. The number of amides is 1. The number of hydrogen-bond acceptors (Lipinski definition) is 3. The Kier molecular flexibility index (Phi) is 4.53. The maximum atomic E-state index is 11.9. The predicted molar refractivity (Wildman–Crippen MR) is 81.5 cm³/mol. The van der Waals surface area contributed by atoms with Crippen LogP contribution in [0.25, 0.3) is 0 Å². The van der Waals surface area contributed by atoms with Crippen molar-refractivity contribution in [3.8, 4) is 0 Å². The van der Waals surface area contributed by atoms with Crippen LogP contribution < -0.4 is 10.6 Å². The summed E-state index contributed by atoms with van der Waals surface area (Å²) in [6.45, 7) is 4.29. The Morgan fingerprint density at radius 3 is 2.45 bits per heavy atom. The van der Waals surface area contributed by atoms with Gasteiger partial charge in [0.05, 0.1) is 6.54 Å². The van der Waals surface area contributed by atoms with E-state index in [1.165, 1.54) is 0 Å². The van der Waals surface area contributed by atoms with Crippen molar-refractivity contribution in [2.24, 2.45) is 0 Å². The molecule has 1 aromatic carbocycles. The molecule has 0 aliphatic carbocycles. The number of benzene rings is 1. The van der Waals surface area contributed by atoms with Crippen molar-refractivity contribution in [3.05, 3.63) is 59.0 Å². The Morgan fingerprint density at radius 1 is 1.15 bits per heavy atom. The molecule has 0 spiro atoms. The molecule has 20 heavy (non-hydrogen) atoms. The van der Waals surface area contributed by atoms with Crippen molar-refractivity contribution in [1.82, 2.24) is 10.6 Å². The standard InChI is InChI=1S/C15H16N2O2S/c1-10-3-6-12(7-4-10)14(18)17-15(20)16-9-13-8-5-11(2)19-13/h3-8H,9H2,1-2H3,(H2,16,17,18,20). The zero-order valence-corrected chi connectivity index (χ0v) is 12.2. The lowest BCUT2D eigenvalue weighted by Gasteiger charge is -2.08. The summed E-state index contributed by atoms with van der Waals surface area (Å²) in [5.74, 6) is 1.39. The van der Waals surface area contributed by atoms with Crippen molar-refractivity contribution in [2.75, 3.05) is 0 Å². The van der Waals surface area contributed by atoms with Gasteiger partial charge in [-0.25, -0.2) is 0 Å². The molecule has 5 heteroatoms. The molecule has 1 heterocycles. The van der Waals surface area contributed by atoms with Crippen molar-refractivity contribution in [1.29, 1.82) is 0 Å². The third kappa shape index (κ3) is 3.93.